The molecule has 24 heavy (non-hydrogen) atoms. The molecule has 1 aliphatic heterocycles. The molecule has 1 rings (SSSR count). The average Bonchev–Trinajstić information content (AvgIpc) is 2.63. The number of allylic oxidation sites excluding steroid dienone is 10. The van der Waals surface area contributed by atoms with Gasteiger partial charge < -0.3 is 9.80 Å². The first-order valence-electron chi connectivity index (χ1n) is 8.48. The summed E-state index contributed by atoms with van der Waals surface area (Å²) in [4.78, 5) is 4.60. The van der Waals surface area contributed by atoms with Crippen molar-refractivity contribution in [2.45, 2.75) is 34.1 Å². The van der Waals surface area contributed by atoms with Crippen molar-refractivity contribution in [3.05, 3.63) is 83.9 Å². The van der Waals surface area contributed by atoms with E-state index in [9.17, 15) is 0 Å². The van der Waals surface area contributed by atoms with Gasteiger partial charge in [0.2, 0.25) is 0 Å². The largest absolute Gasteiger partial charge is 0.373 e. The molecule has 0 aromatic carbocycles. The third-order valence-electron chi connectivity index (χ3n) is 4.08. The zero-order valence-electron chi connectivity index (χ0n) is 16.0. The molecule has 0 aromatic heterocycles. The maximum absolute atomic E-state index is 4.22. The van der Waals surface area contributed by atoms with Gasteiger partial charge in [0.1, 0.15) is 0 Å². The fourth-order valence-corrected chi connectivity index (χ4v) is 2.86. The number of hydrogen-bond acceptors (Lipinski definition) is 2. The molecule has 1 aliphatic rings. The van der Waals surface area contributed by atoms with Crippen LogP contribution in [-0.4, -0.2) is 29.9 Å². The van der Waals surface area contributed by atoms with Crippen molar-refractivity contribution in [2.24, 2.45) is 0 Å². The van der Waals surface area contributed by atoms with E-state index in [2.05, 4.69) is 82.5 Å². The highest BCUT2D eigenvalue weighted by Gasteiger charge is 2.17. The SMILES string of the molecule is C=C/C=C(\C=C(C)C)C(=C)/C=C\C1=C(C)N(C(=C)C)CCCN1C. The van der Waals surface area contributed by atoms with Crippen LogP contribution in [0.5, 0.6) is 0 Å². The van der Waals surface area contributed by atoms with E-state index in [-0.39, 0.29) is 0 Å². The van der Waals surface area contributed by atoms with Gasteiger partial charge in [-0.05, 0) is 51.3 Å². The Balaban J connectivity index is 3.16. The predicted molar refractivity (Wildman–Crippen MR) is 107 cm³/mol. The molecule has 2 nitrogen and oxygen atoms in total. The molecule has 0 unspecified atom stereocenters. The van der Waals surface area contributed by atoms with Crippen molar-refractivity contribution in [1.82, 2.24) is 9.80 Å². The molecular weight excluding hydrogens is 292 g/mol. The van der Waals surface area contributed by atoms with E-state index in [4.69, 9.17) is 0 Å². The lowest BCUT2D eigenvalue weighted by Gasteiger charge is -2.26. The molecule has 0 fully saturated rings. The Morgan fingerprint density at radius 2 is 1.79 bits per heavy atom. The molecule has 0 radical (unpaired) electrons. The summed E-state index contributed by atoms with van der Waals surface area (Å²) in [5, 5.41) is 0. The van der Waals surface area contributed by atoms with Crippen LogP contribution in [0.4, 0.5) is 0 Å². The molecule has 0 aliphatic carbocycles. The fraction of sp³-hybridized carbons (Fsp3) is 0.364. The van der Waals surface area contributed by atoms with Crippen LogP contribution in [0.15, 0.2) is 83.9 Å². The van der Waals surface area contributed by atoms with Crippen LogP contribution in [0.1, 0.15) is 34.1 Å². The fourth-order valence-electron chi connectivity index (χ4n) is 2.86. The molecular formula is C22H32N2. The number of hydrogen-bond donors (Lipinski definition) is 0. The van der Waals surface area contributed by atoms with E-state index < -0.39 is 0 Å². The summed E-state index contributed by atoms with van der Waals surface area (Å²) in [7, 11) is 2.14. The van der Waals surface area contributed by atoms with E-state index >= 15 is 0 Å². The molecule has 0 saturated heterocycles. The quantitative estimate of drug-likeness (QED) is 0.588. The van der Waals surface area contributed by atoms with Crippen molar-refractivity contribution >= 4 is 0 Å². The molecule has 0 atom stereocenters. The number of nitrogens with zero attached hydrogens (tertiary/aromatic N) is 2. The topological polar surface area (TPSA) is 6.48 Å². The second-order valence-electron chi connectivity index (χ2n) is 6.57. The van der Waals surface area contributed by atoms with Crippen LogP contribution in [-0.2, 0) is 0 Å². The van der Waals surface area contributed by atoms with E-state index in [1.165, 1.54) is 17.0 Å². The molecule has 0 aromatic rings. The van der Waals surface area contributed by atoms with Crippen molar-refractivity contribution in [3.8, 4) is 0 Å². The van der Waals surface area contributed by atoms with Crippen LogP contribution >= 0.6 is 0 Å². The first kappa shape index (κ1) is 19.8. The van der Waals surface area contributed by atoms with Crippen LogP contribution < -0.4 is 0 Å². The first-order chi connectivity index (χ1) is 11.3. The van der Waals surface area contributed by atoms with Gasteiger partial charge in [-0.1, -0.05) is 49.6 Å². The van der Waals surface area contributed by atoms with E-state index in [0.29, 0.717) is 0 Å². The van der Waals surface area contributed by atoms with Gasteiger partial charge in [0, 0.05) is 31.5 Å². The summed E-state index contributed by atoms with van der Waals surface area (Å²) in [6.45, 7) is 22.6. The lowest BCUT2D eigenvalue weighted by molar-refractivity contribution is 0.410. The second kappa shape index (κ2) is 9.17. The van der Waals surface area contributed by atoms with Crippen molar-refractivity contribution in [2.75, 3.05) is 20.1 Å². The third kappa shape index (κ3) is 5.45. The summed E-state index contributed by atoms with van der Waals surface area (Å²) >= 11 is 0. The third-order valence-corrected chi connectivity index (χ3v) is 4.08. The average molecular weight is 325 g/mol. The Labute approximate surface area is 148 Å². The normalized spacial score (nSPS) is 16.3. The monoisotopic (exact) mass is 324 g/mol. The summed E-state index contributed by atoms with van der Waals surface area (Å²) in [5.41, 5.74) is 6.86. The summed E-state index contributed by atoms with van der Waals surface area (Å²) < 4.78 is 0. The van der Waals surface area contributed by atoms with Crippen LogP contribution in [0.3, 0.4) is 0 Å². The zero-order chi connectivity index (χ0) is 18.3. The lowest BCUT2D eigenvalue weighted by atomic mass is 10.0. The van der Waals surface area contributed by atoms with Gasteiger partial charge in [-0.15, -0.1) is 0 Å². The van der Waals surface area contributed by atoms with E-state index in [0.717, 1.165) is 36.4 Å². The van der Waals surface area contributed by atoms with Crippen molar-refractivity contribution < 1.29 is 0 Å². The smallest absolute Gasteiger partial charge is 0.0559 e. The minimum absolute atomic E-state index is 0.982. The molecule has 0 saturated carbocycles. The van der Waals surface area contributed by atoms with Gasteiger partial charge in [-0.2, -0.15) is 0 Å². The van der Waals surface area contributed by atoms with E-state index in [1.807, 2.05) is 6.08 Å². The molecule has 2 heteroatoms. The maximum atomic E-state index is 4.22. The van der Waals surface area contributed by atoms with Gasteiger partial charge in [0.25, 0.3) is 0 Å². The predicted octanol–water partition coefficient (Wildman–Crippen LogP) is 5.58. The lowest BCUT2D eigenvalue weighted by Crippen LogP contribution is -2.20. The molecule has 1 heterocycles. The van der Waals surface area contributed by atoms with Crippen molar-refractivity contribution in [3.63, 3.8) is 0 Å². The number of rotatable bonds is 6. The minimum Gasteiger partial charge on any atom is -0.373 e. The summed E-state index contributed by atoms with van der Waals surface area (Å²) in [5.74, 6) is 0. The van der Waals surface area contributed by atoms with Gasteiger partial charge in [-0.25, -0.2) is 0 Å². The molecule has 0 N–H and O–H groups in total. The molecule has 0 bridgehead atoms. The van der Waals surface area contributed by atoms with Gasteiger partial charge in [0.15, 0.2) is 0 Å². The Kier molecular flexibility index (Phi) is 7.57. The van der Waals surface area contributed by atoms with E-state index in [1.54, 1.807) is 6.08 Å². The Hall–Kier alpha value is -2.22. The second-order valence-corrected chi connectivity index (χ2v) is 6.57. The molecule has 0 spiro atoms. The van der Waals surface area contributed by atoms with Gasteiger partial charge in [-0.3, -0.25) is 0 Å². The highest BCUT2D eigenvalue weighted by Crippen LogP contribution is 2.23. The first-order valence-corrected chi connectivity index (χ1v) is 8.48. The highest BCUT2D eigenvalue weighted by atomic mass is 15.2. The Morgan fingerprint density at radius 1 is 1.12 bits per heavy atom. The molecule has 130 valence electrons. The van der Waals surface area contributed by atoms with Crippen LogP contribution in [0.2, 0.25) is 0 Å². The van der Waals surface area contributed by atoms with Crippen LogP contribution in [0, 0.1) is 0 Å². The van der Waals surface area contributed by atoms with Crippen molar-refractivity contribution in [1.29, 1.82) is 0 Å². The van der Waals surface area contributed by atoms with Gasteiger partial charge >= 0.3 is 0 Å². The standard InChI is InChI=1S/C22H32N2/c1-9-11-21(16-17(2)3)19(6)12-13-22-20(7)24(18(4)5)15-10-14-23(22)8/h9,11-13,16H,1,4,6,10,14-15H2,2-3,5,7-8H3/b13-12-,21-11+. The maximum Gasteiger partial charge on any atom is 0.0559 e. The Morgan fingerprint density at radius 3 is 2.33 bits per heavy atom. The summed E-state index contributed by atoms with van der Waals surface area (Å²) in [6.07, 6.45) is 11.3. The highest BCUT2D eigenvalue weighted by molar-refractivity contribution is 5.48. The Bertz CT molecular complexity index is 622. The molecule has 0 amide bonds. The number of likely N-dealkylation sites (N-methyl/N-ethyl adjacent to an activating group) is 1. The van der Waals surface area contributed by atoms with Crippen LogP contribution in [0.25, 0.3) is 0 Å². The summed E-state index contributed by atoms with van der Waals surface area (Å²) in [6, 6.07) is 0. The van der Waals surface area contributed by atoms with Gasteiger partial charge in [0.05, 0.1) is 5.70 Å². The minimum atomic E-state index is 0.982. The zero-order valence-corrected chi connectivity index (χ0v) is 16.0.